The largest absolute Gasteiger partial charge is 0.347 e. The highest BCUT2D eigenvalue weighted by Gasteiger charge is 2.20. The molecular weight excluding hydrogens is 264 g/mol. The number of rotatable bonds is 5. The molecular formula is C16H28N4O. The number of aryl methyl sites for hydroxylation is 2. The van der Waals surface area contributed by atoms with Crippen LogP contribution in [0.25, 0.3) is 0 Å². The van der Waals surface area contributed by atoms with Crippen molar-refractivity contribution in [1.29, 1.82) is 0 Å². The van der Waals surface area contributed by atoms with Gasteiger partial charge >= 0.3 is 0 Å². The molecule has 1 aromatic heterocycles. The van der Waals surface area contributed by atoms with E-state index in [9.17, 15) is 4.79 Å². The first-order chi connectivity index (χ1) is 9.99. The second-order valence-corrected chi connectivity index (χ2v) is 6.37. The lowest BCUT2D eigenvalue weighted by Gasteiger charge is -2.32. The Morgan fingerprint density at radius 3 is 3.00 bits per heavy atom. The minimum Gasteiger partial charge on any atom is -0.347 e. The molecule has 2 rings (SSSR count). The predicted molar refractivity (Wildman–Crippen MR) is 84.4 cm³/mol. The van der Waals surface area contributed by atoms with Crippen molar-refractivity contribution in [3.05, 3.63) is 17.5 Å². The Labute approximate surface area is 127 Å². The zero-order chi connectivity index (χ0) is 15.4. The first-order valence-corrected chi connectivity index (χ1v) is 8.07. The van der Waals surface area contributed by atoms with Crippen molar-refractivity contribution >= 4 is 5.91 Å². The van der Waals surface area contributed by atoms with Crippen LogP contribution in [0, 0.1) is 12.8 Å². The molecule has 0 aliphatic carbocycles. The van der Waals surface area contributed by atoms with E-state index in [2.05, 4.69) is 29.2 Å². The normalized spacial score (nSPS) is 21.2. The summed E-state index contributed by atoms with van der Waals surface area (Å²) in [5.74, 6) is 0.751. The molecule has 0 saturated carbocycles. The summed E-state index contributed by atoms with van der Waals surface area (Å²) < 4.78 is 1.76. The lowest BCUT2D eigenvalue weighted by molar-refractivity contribution is 0.0909. The summed E-state index contributed by atoms with van der Waals surface area (Å²) in [4.78, 5) is 14.8. The van der Waals surface area contributed by atoms with Crippen molar-refractivity contribution in [3.63, 3.8) is 0 Å². The van der Waals surface area contributed by atoms with E-state index in [4.69, 9.17) is 0 Å². The van der Waals surface area contributed by atoms with Crippen molar-refractivity contribution in [3.8, 4) is 0 Å². The molecule has 1 saturated heterocycles. The molecule has 5 nitrogen and oxygen atoms in total. The average Bonchev–Trinajstić information content (AvgIpc) is 2.80. The molecule has 0 radical (unpaired) electrons. The number of aromatic nitrogens is 2. The van der Waals surface area contributed by atoms with Crippen LogP contribution in [0.1, 0.15) is 49.8 Å². The summed E-state index contributed by atoms with van der Waals surface area (Å²) in [5.41, 5.74) is 1.55. The Hall–Kier alpha value is -1.36. The van der Waals surface area contributed by atoms with Crippen molar-refractivity contribution in [2.75, 3.05) is 19.6 Å². The summed E-state index contributed by atoms with van der Waals surface area (Å²) >= 11 is 0. The molecule has 0 unspecified atom stereocenters. The fourth-order valence-electron chi connectivity index (χ4n) is 3.15. The molecule has 118 valence electrons. The van der Waals surface area contributed by atoms with Crippen LogP contribution in [-0.4, -0.2) is 46.3 Å². The van der Waals surface area contributed by atoms with Gasteiger partial charge in [0.1, 0.15) is 5.69 Å². The van der Waals surface area contributed by atoms with Gasteiger partial charge in [-0.2, -0.15) is 5.10 Å². The van der Waals surface area contributed by atoms with Gasteiger partial charge in [0.15, 0.2) is 0 Å². The zero-order valence-corrected chi connectivity index (χ0v) is 13.7. The number of nitrogens with zero attached hydrogens (tertiary/aromatic N) is 3. The summed E-state index contributed by atoms with van der Waals surface area (Å²) in [5, 5.41) is 7.43. The minimum atomic E-state index is -0.0185. The number of carbonyl (C=O) groups is 1. The Kier molecular flexibility index (Phi) is 5.39. The van der Waals surface area contributed by atoms with Gasteiger partial charge in [0.05, 0.1) is 5.69 Å². The van der Waals surface area contributed by atoms with Crippen LogP contribution in [0.4, 0.5) is 0 Å². The molecule has 1 aromatic rings. The summed E-state index contributed by atoms with van der Waals surface area (Å²) in [6.45, 7) is 12.2. The fraction of sp³-hybridized carbons (Fsp3) is 0.750. The number of likely N-dealkylation sites (tertiary alicyclic amines) is 1. The lowest BCUT2D eigenvalue weighted by Crippen LogP contribution is -2.45. The fourth-order valence-corrected chi connectivity index (χ4v) is 3.15. The van der Waals surface area contributed by atoms with Gasteiger partial charge < -0.3 is 10.2 Å². The van der Waals surface area contributed by atoms with Gasteiger partial charge in [-0.15, -0.1) is 0 Å². The van der Waals surface area contributed by atoms with Crippen molar-refractivity contribution in [2.24, 2.45) is 5.92 Å². The summed E-state index contributed by atoms with van der Waals surface area (Å²) in [7, 11) is 0. The molecule has 0 spiro atoms. The molecule has 1 N–H and O–H groups in total. The van der Waals surface area contributed by atoms with E-state index in [-0.39, 0.29) is 11.9 Å². The van der Waals surface area contributed by atoms with E-state index in [0.29, 0.717) is 12.2 Å². The summed E-state index contributed by atoms with van der Waals surface area (Å²) in [6, 6.07) is 2.01. The molecule has 0 aromatic carbocycles. The third-order valence-corrected chi connectivity index (χ3v) is 4.08. The van der Waals surface area contributed by atoms with Crippen LogP contribution in [0.3, 0.4) is 0 Å². The van der Waals surface area contributed by atoms with Gasteiger partial charge in [0.2, 0.25) is 0 Å². The van der Waals surface area contributed by atoms with Crippen molar-refractivity contribution in [1.82, 2.24) is 20.0 Å². The monoisotopic (exact) mass is 292 g/mol. The molecule has 2 atom stereocenters. The maximum Gasteiger partial charge on any atom is 0.269 e. The molecule has 1 aliphatic heterocycles. The van der Waals surface area contributed by atoms with E-state index in [1.807, 2.05) is 19.9 Å². The Morgan fingerprint density at radius 1 is 1.57 bits per heavy atom. The number of hydrogen-bond acceptors (Lipinski definition) is 3. The molecule has 1 fully saturated rings. The summed E-state index contributed by atoms with van der Waals surface area (Å²) in [6.07, 6.45) is 2.59. The van der Waals surface area contributed by atoms with Crippen LogP contribution >= 0.6 is 0 Å². The highest BCUT2D eigenvalue weighted by atomic mass is 16.2. The predicted octanol–water partition coefficient (Wildman–Crippen LogP) is 2.06. The average molecular weight is 292 g/mol. The third-order valence-electron chi connectivity index (χ3n) is 4.08. The third kappa shape index (κ3) is 4.30. The standard InChI is InChI=1S/C16H28N4O/c1-5-20-15(9-13(3)18-20)16(21)17-14(4)11-19-8-6-7-12(2)10-19/h9,12,14H,5-8,10-11H2,1-4H3,(H,17,21)/t12-,14-/m1/s1. The van der Waals surface area contributed by atoms with Crippen LogP contribution in [0.2, 0.25) is 0 Å². The van der Waals surface area contributed by atoms with E-state index in [0.717, 1.165) is 31.2 Å². The molecule has 1 aliphatic rings. The van der Waals surface area contributed by atoms with Crippen molar-refractivity contribution < 1.29 is 4.79 Å². The number of hydrogen-bond donors (Lipinski definition) is 1. The van der Waals surface area contributed by atoms with Crippen LogP contribution in [0.5, 0.6) is 0 Å². The van der Waals surface area contributed by atoms with Gasteiger partial charge in [-0.25, -0.2) is 0 Å². The Bertz CT molecular complexity index is 483. The van der Waals surface area contributed by atoms with Crippen LogP contribution in [0.15, 0.2) is 6.07 Å². The topological polar surface area (TPSA) is 50.2 Å². The van der Waals surface area contributed by atoms with Crippen molar-refractivity contribution in [2.45, 2.75) is 53.1 Å². The molecule has 21 heavy (non-hydrogen) atoms. The SMILES string of the molecule is CCn1nc(C)cc1C(=O)N[C@H](C)CN1CCC[C@@H](C)C1. The maximum absolute atomic E-state index is 12.4. The number of piperidine rings is 1. The van der Waals surface area contributed by atoms with Gasteiger partial charge in [-0.1, -0.05) is 6.92 Å². The molecule has 0 bridgehead atoms. The van der Waals surface area contributed by atoms with Gasteiger partial charge in [-0.3, -0.25) is 9.48 Å². The van der Waals surface area contributed by atoms with E-state index in [1.54, 1.807) is 4.68 Å². The minimum absolute atomic E-state index is 0.0185. The lowest BCUT2D eigenvalue weighted by atomic mass is 10.00. The first-order valence-electron chi connectivity index (χ1n) is 8.07. The maximum atomic E-state index is 12.4. The zero-order valence-electron chi connectivity index (χ0n) is 13.7. The first kappa shape index (κ1) is 16.0. The van der Waals surface area contributed by atoms with E-state index < -0.39 is 0 Å². The highest BCUT2D eigenvalue weighted by molar-refractivity contribution is 5.92. The highest BCUT2D eigenvalue weighted by Crippen LogP contribution is 2.15. The Morgan fingerprint density at radius 2 is 2.33 bits per heavy atom. The van der Waals surface area contributed by atoms with E-state index >= 15 is 0 Å². The molecule has 1 amide bonds. The second-order valence-electron chi connectivity index (χ2n) is 6.37. The second kappa shape index (κ2) is 7.07. The van der Waals surface area contributed by atoms with Gasteiger partial charge in [-0.05, 0) is 52.1 Å². The Balaban J connectivity index is 1.89. The molecule has 5 heteroatoms. The quantitative estimate of drug-likeness (QED) is 0.904. The van der Waals surface area contributed by atoms with Crippen LogP contribution < -0.4 is 5.32 Å². The van der Waals surface area contributed by atoms with E-state index in [1.165, 1.54) is 12.8 Å². The van der Waals surface area contributed by atoms with Gasteiger partial charge in [0, 0.05) is 25.7 Å². The number of nitrogens with one attached hydrogen (secondary N) is 1. The van der Waals surface area contributed by atoms with Crippen LogP contribution in [-0.2, 0) is 6.54 Å². The number of carbonyl (C=O) groups excluding carboxylic acids is 1. The smallest absolute Gasteiger partial charge is 0.269 e. The molecule has 2 heterocycles. The van der Waals surface area contributed by atoms with Gasteiger partial charge in [0.25, 0.3) is 5.91 Å². The number of amides is 1.